The summed E-state index contributed by atoms with van der Waals surface area (Å²) < 4.78 is 26.3. The zero-order valence-electron chi connectivity index (χ0n) is 10.4. The SMILES string of the molecule is O=S1(=O)NC(O)=CN1c1cc2c(cc1O)CC(O)CC2. The molecule has 1 atom stereocenters. The third-order valence-electron chi connectivity index (χ3n) is 3.47. The first kappa shape index (κ1) is 13.1. The number of fused-ring (bicyclic) bond motifs is 1. The van der Waals surface area contributed by atoms with Crippen molar-refractivity contribution >= 4 is 15.9 Å². The first-order valence-electron chi connectivity index (χ1n) is 6.12. The van der Waals surface area contributed by atoms with Crippen molar-refractivity contribution in [1.29, 1.82) is 0 Å². The van der Waals surface area contributed by atoms with Crippen molar-refractivity contribution in [1.82, 2.24) is 4.72 Å². The topological polar surface area (TPSA) is 110 Å². The van der Waals surface area contributed by atoms with Gasteiger partial charge in [0.25, 0.3) is 0 Å². The van der Waals surface area contributed by atoms with Gasteiger partial charge < -0.3 is 15.3 Å². The van der Waals surface area contributed by atoms with Crippen LogP contribution in [0.2, 0.25) is 0 Å². The maximum Gasteiger partial charge on any atom is 0.330 e. The van der Waals surface area contributed by atoms with Crippen LogP contribution in [0.1, 0.15) is 17.5 Å². The fourth-order valence-electron chi connectivity index (χ4n) is 2.53. The summed E-state index contributed by atoms with van der Waals surface area (Å²) in [6, 6.07) is 3.04. The van der Waals surface area contributed by atoms with Gasteiger partial charge in [0.1, 0.15) is 11.4 Å². The van der Waals surface area contributed by atoms with Crippen molar-refractivity contribution in [3.63, 3.8) is 0 Å². The van der Waals surface area contributed by atoms with Crippen LogP contribution in [0, 0.1) is 0 Å². The smallest absolute Gasteiger partial charge is 0.330 e. The van der Waals surface area contributed by atoms with Crippen LogP contribution in [-0.2, 0) is 23.1 Å². The molecule has 108 valence electrons. The summed E-state index contributed by atoms with van der Waals surface area (Å²) in [5, 5.41) is 28.9. The monoisotopic (exact) mass is 298 g/mol. The molecule has 1 aliphatic heterocycles. The maximum atomic E-state index is 11.8. The predicted molar refractivity (Wildman–Crippen MR) is 71.4 cm³/mol. The summed E-state index contributed by atoms with van der Waals surface area (Å²) in [6.45, 7) is 0. The lowest BCUT2D eigenvalue weighted by Gasteiger charge is -2.23. The van der Waals surface area contributed by atoms with E-state index in [1.807, 2.05) is 4.72 Å². The minimum Gasteiger partial charge on any atom is -0.506 e. The lowest BCUT2D eigenvalue weighted by Crippen LogP contribution is -2.30. The highest BCUT2D eigenvalue weighted by molar-refractivity contribution is 7.91. The average molecular weight is 298 g/mol. The first-order valence-corrected chi connectivity index (χ1v) is 7.56. The zero-order valence-corrected chi connectivity index (χ0v) is 11.3. The molecule has 0 bridgehead atoms. The minimum atomic E-state index is -3.92. The zero-order chi connectivity index (χ0) is 14.5. The van der Waals surface area contributed by atoms with Crippen LogP contribution in [0.15, 0.2) is 24.2 Å². The number of aliphatic hydroxyl groups excluding tert-OH is 2. The van der Waals surface area contributed by atoms with Crippen LogP contribution < -0.4 is 9.03 Å². The lowest BCUT2D eigenvalue weighted by molar-refractivity contribution is 0.158. The Balaban J connectivity index is 2.08. The van der Waals surface area contributed by atoms with Crippen LogP contribution in [0.5, 0.6) is 5.75 Å². The van der Waals surface area contributed by atoms with Gasteiger partial charge in [-0.3, -0.25) is 0 Å². The van der Waals surface area contributed by atoms with E-state index in [0.717, 1.165) is 21.6 Å². The van der Waals surface area contributed by atoms with Gasteiger partial charge in [-0.05, 0) is 42.5 Å². The van der Waals surface area contributed by atoms with E-state index < -0.39 is 22.2 Å². The molecule has 1 heterocycles. The maximum absolute atomic E-state index is 11.8. The highest BCUT2D eigenvalue weighted by atomic mass is 32.2. The number of aryl methyl sites for hydroxylation is 1. The number of hydrogen-bond acceptors (Lipinski definition) is 5. The quantitative estimate of drug-likeness (QED) is 0.594. The molecular weight excluding hydrogens is 284 g/mol. The molecule has 1 aliphatic carbocycles. The normalized spacial score (nSPS) is 23.9. The molecular formula is C12H14N2O5S. The molecule has 0 fully saturated rings. The molecule has 7 nitrogen and oxygen atoms in total. The Morgan fingerprint density at radius 1 is 1.25 bits per heavy atom. The van der Waals surface area contributed by atoms with Gasteiger partial charge in [0.15, 0.2) is 0 Å². The molecule has 0 aromatic heterocycles. The highest BCUT2D eigenvalue weighted by Gasteiger charge is 2.31. The number of phenolic OH excluding ortho intramolecular Hbond substituents is 1. The Labute approximate surface area is 116 Å². The van der Waals surface area contributed by atoms with Crippen LogP contribution in [-0.4, -0.2) is 29.8 Å². The number of nitrogens with zero attached hydrogens (tertiary/aromatic N) is 1. The van der Waals surface area contributed by atoms with E-state index >= 15 is 0 Å². The van der Waals surface area contributed by atoms with Gasteiger partial charge in [0, 0.05) is 0 Å². The van der Waals surface area contributed by atoms with Crippen LogP contribution >= 0.6 is 0 Å². The standard InChI is InChI=1S/C12H14N2O5S/c15-9-2-1-7-4-10(11(16)5-8(7)3-9)14-6-12(17)13-20(14,18)19/h4-6,9,13,15-17H,1-3H2. The summed E-state index contributed by atoms with van der Waals surface area (Å²) in [7, 11) is -3.92. The van der Waals surface area contributed by atoms with Crippen molar-refractivity contribution in [2.45, 2.75) is 25.4 Å². The molecule has 1 aromatic rings. The van der Waals surface area contributed by atoms with Crippen molar-refractivity contribution in [2.24, 2.45) is 0 Å². The predicted octanol–water partition coefficient (Wildman–Crippen LogP) is 0.253. The van der Waals surface area contributed by atoms with E-state index in [2.05, 4.69) is 0 Å². The van der Waals surface area contributed by atoms with Crippen molar-refractivity contribution in [3.05, 3.63) is 35.3 Å². The average Bonchev–Trinajstić information content (AvgIpc) is 2.61. The molecule has 0 radical (unpaired) electrons. The molecule has 8 heteroatoms. The lowest BCUT2D eigenvalue weighted by atomic mass is 9.89. The molecule has 0 saturated carbocycles. The van der Waals surface area contributed by atoms with E-state index in [0.29, 0.717) is 19.3 Å². The molecule has 4 N–H and O–H groups in total. The molecule has 1 aromatic carbocycles. The number of hydrogen-bond donors (Lipinski definition) is 4. The number of rotatable bonds is 1. The highest BCUT2D eigenvalue weighted by Crippen LogP contribution is 2.36. The Morgan fingerprint density at radius 2 is 2.00 bits per heavy atom. The van der Waals surface area contributed by atoms with Crippen LogP contribution in [0.4, 0.5) is 5.69 Å². The van der Waals surface area contributed by atoms with Crippen molar-refractivity contribution < 1.29 is 23.7 Å². The molecule has 0 amide bonds. The molecule has 3 rings (SSSR count). The number of nitrogens with one attached hydrogen (secondary N) is 1. The first-order chi connectivity index (χ1) is 9.37. The van der Waals surface area contributed by atoms with Gasteiger partial charge >= 0.3 is 10.2 Å². The molecule has 0 saturated heterocycles. The van der Waals surface area contributed by atoms with Gasteiger partial charge in [-0.15, -0.1) is 0 Å². The van der Waals surface area contributed by atoms with Gasteiger partial charge in [-0.25, -0.2) is 9.03 Å². The van der Waals surface area contributed by atoms with E-state index in [-0.39, 0.29) is 11.4 Å². The van der Waals surface area contributed by atoms with Crippen LogP contribution in [0.25, 0.3) is 0 Å². The van der Waals surface area contributed by atoms with Gasteiger partial charge in [-0.2, -0.15) is 8.42 Å². The van der Waals surface area contributed by atoms with Crippen LogP contribution in [0.3, 0.4) is 0 Å². The second kappa shape index (κ2) is 4.29. The Morgan fingerprint density at radius 3 is 2.65 bits per heavy atom. The number of aliphatic hydroxyl groups is 2. The van der Waals surface area contributed by atoms with E-state index in [9.17, 15) is 23.7 Å². The number of aromatic hydroxyl groups is 1. The van der Waals surface area contributed by atoms with Gasteiger partial charge in [-0.1, -0.05) is 0 Å². The van der Waals surface area contributed by atoms with E-state index in [1.165, 1.54) is 6.07 Å². The largest absolute Gasteiger partial charge is 0.506 e. The molecule has 2 aliphatic rings. The summed E-state index contributed by atoms with van der Waals surface area (Å²) in [5.74, 6) is -0.716. The number of benzene rings is 1. The van der Waals surface area contributed by atoms with Crippen molar-refractivity contribution in [2.75, 3.05) is 4.31 Å². The third kappa shape index (κ3) is 2.06. The van der Waals surface area contributed by atoms with Gasteiger partial charge in [0.05, 0.1) is 12.3 Å². The van der Waals surface area contributed by atoms with E-state index in [4.69, 9.17) is 0 Å². The number of anilines is 1. The van der Waals surface area contributed by atoms with E-state index in [1.54, 1.807) is 6.07 Å². The molecule has 20 heavy (non-hydrogen) atoms. The fourth-order valence-corrected chi connectivity index (χ4v) is 3.59. The second-order valence-corrected chi connectivity index (χ2v) is 6.47. The third-order valence-corrected chi connectivity index (χ3v) is 4.76. The molecule has 0 spiro atoms. The number of phenols is 1. The summed E-state index contributed by atoms with van der Waals surface area (Å²) in [6.07, 6.45) is 2.21. The molecule has 1 unspecified atom stereocenters. The summed E-state index contributed by atoms with van der Waals surface area (Å²) in [5.41, 5.74) is 1.78. The Hall–Kier alpha value is -1.93. The minimum absolute atomic E-state index is 0.0803. The fraction of sp³-hybridized carbons (Fsp3) is 0.333. The Bertz CT molecular complexity index is 698. The van der Waals surface area contributed by atoms with Gasteiger partial charge in [0.2, 0.25) is 5.88 Å². The summed E-state index contributed by atoms with van der Waals surface area (Å²) in [4.78, 5) is 0. The van der Waals surface area contributed by atoms with Crippen molar-refractivity contribution in [3.8, 4) is 5.75 Å². The Kier molecular flexibility index (Phi) is 2.80. The second-order valence-electron chi connectivity index (χ2n) is 4.92. The summed E-state index contributed by atoms with van der Waals surface area (Å²) >= 11 is 0.